The van der Waals surface area contributed by atoms with Crippen molar-refractivity contribution in [3.8, 4) is 0 Å². The molecule has 1 aliphatic heterocycles. The van der Waals surface area contributed by atoms with Gasteiger partial charge in [0.15, 0.2) is 11.0 Å². The Morgan fingerprint density at radius 1 is 1.33 bits per heavy atom. The number of rotatable bonds is 4. The van der Waals surface area contributed by atoms with Crippen LogP contribution in [-0.4, -0.2) is 38.4 Å². The number of hydrogen-bond acceptors (Lipinski definition) is 7. The molecule has 2 aromatic rings. The maximum absolute atomic E-state index is 12.8. The minimum absolute atomic E-state index is 0.164. The average molecular weight is 347 g/mol. The summed E-state index contributed by atoms with van der Waals surface area (Å²) < 4.78 is 5.32. The monoisotopic (exact) mass is 347 g/mol. The highest BCUT2D eigenvalue weighted by Gasteiger charge is 2.37. The molecule has 0 bridgehead atoms. The van der Waals surface area contributed by atoms with E-state index in [9.17, 15) is 9.59 Å². The number of nitrogens with zero attached hydrogens (tertiary/aromatic N) is 4. The lowest BCUT2D eigenvalue weighted by Gasteiger charge is -2.21. The first-order chi connectivity index (χ1) is 11.6. The molecule has 8 nitrogen and oxygen atoms in total. The molecule has 126 valence electrons. The number of likely N-dealkylation sites (tertiary alicyclic amines) is 1. The summed E-state index contributed by atoms with van der Waals surface area (Å²) in [5, 5.41) is 8.76. The second-order valence-electron chi connectivity index (χ2n) is 6.14. The molecule has 3 heterocycles. The van der Waals surface area contributed by atoms with Gasteiger partial charge >= 0.3 is 0 Å². The van der Waals surface area contributed by atoms with Gasteiger partial charge in [-0.3, -0.25) is 9.59 Å². The Morgan fingerprint density at radius 2 is 2.17 bits per heavy atom. The Balaban J connectivity index is 1.51. The molecule has 2 aliphatic rings. The zero-order chi connectivity index (χ0) is 16.7. The van der Waals surface area contributed by atoms with Crippen LogP contribution in [0.1, 0.15) is 66.8 Å². The molecule has 1 saturated carbocycles. The minimum Gasteiger partial charge on any atom is -0.339 e. The minimum atomic E-state index is -0.207. The van der Waals surface area contributed by atoms with Crippen molar-refractivity contribution in [2.75, 3.05) is 11.9 Å². The first-order valence-corrected chi connectivity index (χ1v) is 8.87. The zero-order valence-electron chi connectivity index (χ0n) is 13.2. The van der Waals surface area contributed by atoms with Gasteiger partial charge in [-0.1, -0.05) is 5.16 Å². The number of thiazole rings is 1. The molecule has 9 heteroatoms. The first kappa shape index (κ1) is 15.3. The van der Waals surface area contributed by atoms with Crippen LogP contribution in [0, 0.1) is 0 Å². The summed E-state index contributed by atoms with van der Waals surface area (Å²) >= 11 is 1.24. The number of anilines is 1. The van der Waals surface area contributed by atoms with Crippen molar-refractivity contribution >= 4 is 28.3 Å². The fraction of sp³-hybridized carbons (Fsp3) is 0.533. The van der Waals surface area contributed by atoms with Gasteiger partial charge in [0, 0.05) is 24.8 Å². The summed E-state index contributed by atoms with van der Waals surface area (Å²) in [5.41, 5.74) is 0.335. The van der Waals surface area contributed by atoms with Gasteiger partial charge in [-0.25, -0.2) is 4.98 Å². The lowest BCUT2D eigenvalue weighted by Crippen LogP contribution is -2.31. The molecule has 24 heavy (non-hydrogen) atoms. The molecule has 0 aromatic carbocycles. The van der Waals surface area contributed by atoms with Crippen LogP contribution in [0.3, 0.4) is 0 Å². The van der Waals surface area contributed by atoms with Crippen molar-refractivity contribution in [1.29, 1.82) is 0 Å². The van der Waals surface area contributed by atoms with Gasteiger partial charge in [0.1, 0.15) is 5.69 Å². The summed E-state index contributed by atoms with van der Waals surface area (Å²) in [5.74, 6) is 1.30. The predicted octanol–water partition coefficient (Wildman–Crippen LogP) is 2.34. The van der Waals surface area contributed by atoms with Gasteiger partial charge < -0.3 is 14.7 Å². The molecule has 1 N–H and O–H groups in total. The Bertz CT molecular complexity index is 782. The lowest BCUT2D eigenvalue weighted by molar-refractivity contribution is -0.114. The third-order valence-corrected chi connectivity index (χ3v) is 4.96. The summed E-state index contributed by atoms with van der Waals surface area (Å²) in [6.45, 7) is 2.05. The van der Waals surface area contributed by atoms with Crippen molar-refractivity contribution in [2.24, 2.45) is 0 Å². The molecule has 1 saturated heterocycles. The number of hydrogen-bond donors (Lipinski definition) is 1. The van der Waals surface area contributed by atoms with E-state index >= 15 is 0 Å². The van der Waals surface area contributed by atoms with E-state index in [1.807, 2.05) is 0 Å². The quantitative estimate of drug-likeness (QED) is 0.911. The van der Waals surface area contributed by atoms with Crippen LogP contribution in [-0.2, 0) is 4.79 Å². The van der Waals surface area contributed by atoms with E-state index in [0.717, 1.165) is 25.7 Å². The third kappa shape index (κ3) is 2.91. The number of amides is 2. The maximum atomic E-state index is 12.8. The lowest BCUT2D eigenvalue weighted by atomic mass is 10.2. The largest absolute Gasteiger partial charge is 0.339 e. The number of carbonyl (C=O) groups is 2. The van der Waals surface area contributed by atoms with Crippen LogP contribution in [0.2, 0.25) is 0 Å². The van der Waals surface area contributed by atoms with Crippen molar-refractivity contribution in [2.45, 2.75) is 44.6 Å². The van der Waals surface area contributed by atoms with Gasteiger partial charge in [0.25, 0.3) is 5.91 Å². The fourth-order valence-electron chi connectivity index (χ4n) is 2.88. The van der Waals surface area contributed by atoms with E-state index < -0.39 is 0 Å². The summed E-state index contributed by atoms with van der Waals surface area (Å²) in [6, 6.07) is -0.167. The van der Waals surface area contributed by atoms with E-state index in [4.69, 9.17) is 4.52 Å². The van der Waals surface area contributed by atoms with Gasteiger partial charge in [-0.15, -0.1) is 11.3 Å². The van der Waals surface area contributed by atoms with Gasteiger partial charge in [-0.05, 0) is 25.7 Å². The molecular weight excluding hydrogens is 330 g/mol. The molecule has 2 fully saturated rings. The van der Waals surface area contributed by atoms with E-state index in [0.29, 0.717) is 35.0 Å². The van der Waals surface area contributed by atoms with Gasteiger partial charge in [0.05, 0.1) is 6.04 Å². The Hall–Kier alpha value is -2.29. The van der Waals surface area contributed by atoms with Crippen LogP contribution in [0.25, 0.3) is 0 Å². The number of nitrogens with one attached hydrogen (secondary N) is 1. The second-order valence-corrected chi connectivity index (χ2v) is 7.00. The maximum Gasteiger partial charge on any atom is 0.274 e. The van der Waals surface area contributed by atoms with Crippen LogP contribution < -0.4 is 5.32 Å². The molecule has 1 atom stereocenters. The smallest absolute Gasteiger partial charge is 0.274 e. The first-order valence-electron chi connectivity index (χ1n) is 7.99. The molecular formula is C15H17N5O3S. The zero-order valence-corrected chi connectivity index (χ0v) is 14.0. The van der Waals surface area contributed by atoms with Crippen LogP contribution in [0.15, 0.2) is 9.90 Å². The van der Waals surface area contributed by atoms with Crippen molar-refractivity contribution in [3.05, 3.63) is 22.8 Å². The van der Waals surface area contributed by atoms with E-state index in [1.54, 1.807) is 10.3 Å². The molecule has 0 spiro atoms. The highest BCUT2D eigenvalue weighted by Crippen LogP contribution is 2.40. The predicted molar refractivity (Wildman–Crippen MR) is 85.7 cm³/mol. The van der Waals surface area contributed by atoms with Crippen LogP contribution in [0.5, 0.6) is 0 Å². The summed E-state index contributed by atoms with van der Waals surface area (Å²) in [4.78, 5) is 34.3. The molecule has 2 amide bonds. The van der Waals surface area contributed by atoms with E-state index in [-0.39, 0.29) is 17.9 Å². The summed E-state index contributed by atoms with van der Waals surface area (Å²) in [6.07, 6.45) is 3.91. The van der Waals surface area contributed by atoms with Crippen LogP contribution in [0.4, 0.5) is 5.13 Å². The Kier molecular flexibility index (Phi) is 3.79. The SMILES string of the molecule is CC(=O)Nc1nc(C(=O)N2CCC[C@@H]2c2noc(C3CC3)n2)cs1. The highest BCUT2D eigenvalue weighted by molar-refractivity contribution is 7.14. The molecule has 0 radical (unpaired) electrons. The summed E-state index contributed by atoms with van der Waals surface area (Å²) in [7, 11) is 0. The third-order valence-electron chi connectivity index (χ3n) is 4.20. The second kappa shape index (κ2) is 5.97. The molecule has 0 unspecified atom stereocenters. The van der Waals surface area contributed by atoms with E-state index in [2.05, 4.69) is 20.4 Å². The average Bonchev–Trinajstić information content (AvgIpc) is 2.97. The van der Waals surface area contributed by atoms with E-state index in [1.165, 1.54) is 18.3 Å². The topological polar surface area (TPSA) is 101 Å². The van der Waals surface area contributed by atoms with Crippen molar-refractivity contribution in [1.82, 2.24) is 20.0 Å². The van der Waals surface area contributed by atoms with Gasteiger partial charge in [0.2, 0.25) is 11.8 Å². The van der Waals surface area contributed by atoms with Crippen molar-refractivity contribution in [3.63, 3.8) is 0 Å². The number of aromatic nitrogens is 3. The Labute approximate surface area is 142 Å². The molecule has 1 aliphatic carbocycles. The standard InChI is InChI=1S/C15H17N5O3S/c1-8(21)16-15-17-10(7-24-15)14(22)20-6-2-3-11(20)12-18-13(23-19-12)9-4-5-9/h7,9,11H,2-6H2,1H3,(H,16,17,21)/t11-/m1/s1. The van der Waals surface area contributed by atoms with Crippen LogP contribution >= 0.6 is 11.3 Å². The number of carbonyl (C=O) groups excluding carboxylic acids is 2. The van der Waals surface area contributed by atoms with Crippen molar-refractivity contribution < 1.29 is 14.1 Å². The molecule has 4 rings (SSSR count). The highest BCUT2D eigenvalue weighted by atomic mass is 32.1. The Morgan fingerprint density at radius 3 is 2.92 bits per heavy atom. The van der Waals surface area contributed by atoms with Gasteiger partial charge in [-0.2, -0.15) is 4.98 Å². The molecule has 2 aromatic heterocycles. The fourth-order valence-corrected chi connectivity index (χ4v) is 3.61. The normalized spacial score (nSPS) is 20.4.